The molecule has 110 valence electrons. The van der Waals surface area contributed by atoms with Crippen molar-refractivity contribution in [1.82, 2.24) is 0 Å². The Morgan fingerprint density at radius 3 is 2.85 bits per heavy atom. The van der Waals surface area contributed by atoms with Gasteiger partial charge in [-0.3, -0.25) is 0 Å². The second-order valence-corrected chi connectivity index (χ2v) is 6.32. The molecule has 20 heavy (non-hydrogen) atoms. The molecule has 2 fully saturated rings. The maximum atomic E-state index is 6.20. The number of rotatable bonds is 5. The van der Waals surface area contributed by atoms with Gasteiger partial charge >= 0.3 is 0 Å². The molecule has 2 aliphatic rings. The van der Waals surface area contributed by atoms with Crippen LogP contribution < -0.4 is 0 Å². The van der Waals surface area contributed by atoms with Crippen LogP contribution in [0.1, 0.15) is 25.3 Å². The number of hydrogen-bond donors (Lipinski definition) is 0. The van der Waals surface area contributed by atoms with E-state index in [2.05, 4.69) is 31.2 Å². The van der Waals surface area contributed by atoms with Crippen LogP contribution in [0.25, 0.3) is 0 Å². The van der Waals surface area contributed by atoms with E-state index in [1.165, 1.54) is 5.56 Å². The molecule has 3 heteroatoms. The van der Waals surface area contributed by atoms with Gasteiger partial charge in [0.2, 0.25) is 0 Å². The molecule has 1 saturated carbocycles. The van der Waals surface area contributed by atoms with Gasteiger partial charge in [0.1, 0.15) is 0 Å². The summed E-state index contributed by atoms with van der Waals surface area (Å²) in [4.78, 5) is 0. The summed E-state index contributed by atoms with van der Waals surface area (Å²) in [6.45, 7) is 4.53. The minimum absolute atomic E-state index is 0.107. The smallest absolute Gasteiger partial charge is 0.0918 e. The van der Waals surface area contributed by atoms with Crippen molar-refractivity contribution in [2.75, 3.05) is 20.3 Å². The van der Waals surface area contributed by atoms with E-state index in [4.69, 9.17) is 14.2 Å². The molecule has 0 radical (unpaired) electrons. The van der Waals surface area contributed by atoms with Gasteiger partial charge in [-0.05, 0) is 37.2 Å². The minimum atomic E-state index is -0.107. The first-order chi connectivity index (χ1) is 9.71. The summed E-state index contributed by atoms with van der Waals surface area (Å²) in [6.07, 6.45) is 2.31. The molecule has 2 bridgehead atoms. The van der Waals surface area contributed by atoms with E-state index in [9.17, 15) is 0 Å². The van der Waals surface area contributed by atoms with Gasteiger partial charge in [-0.1, -0.05) is 30.3 Å². The van der Waals surface area contributed by atoms with Crippen LogP contribution in [0.4, 0.5) is 0 Å². The molecule has 1 heterocycles. The van der Waals surface area contributed by atoms with E-state index >= 15 is 0 Å². The van der Waals surface area contributed by atoms with E-state index < -0.39 is 0 Å². The standard InChI is InChI=1S/C17H24O3/c1-17-9-15(12-20-17)14(11-18-2)8-16(17)19-10-13-6-4-3-5-7-13/h3-7,14-16H,8-12H2,1-2H3/t14-,15+,16-,17+/m1/s1. The average Bonchev–Trinajstić information content (AvgIpc) is 2.81. The first-order valence-electron chi connectivity index (χ1n) is 7.50. The Balaban J connectivity index is 1.65. The fourth-order valence-electron chi connectivity index (χ4n) is 3.61. The second-order valence-electron chi connectivity index (χ2n) is 6.32. The Morgan fingerprint density at radius 2 is 2.10 bits per heavy atom. The average molecular weight is 276 g/mol. The van der Waals surface area contributed by atoms with E-state index in [0.29, 0.717) is 18.4 Å². The van der Waals surface area contributed by atoms with Crippen LogP contribution in [-0.4, -0.2) is 32.0 Å². The molecule has 1 saturated heterocycles. The van der Waals surface area contributed by atoms with E-state index in [-0.39, 0.29) is 11.7 Å². The molecule has 4 atom stereocenters. The van der Waals surface area contributed by atoms with Crippen LogP contribution in [0.5, 0.6) is 0 Å². The molecule has 0 spiro atoms. The van der Waals surface area contributed by atoms with Crippen molar-refractivity contribution in [2.24, 2.45) is 11.8 Å². The fraction of sp³-hybridized carbons (Fsp3) is 0.647. The van der Waals surface area contributed by atoms with Crippen molar-refractivity contribution in [2.45, 2.75) is 38.1 Å². The molecule has 0 N–H and O–H groups in total. The molecule has 1 aliphatic heterocycles. The normalized spacial score (nSPS) is 36.2. The zero-order valence-corrected chi connectivity index (χ0v) is 12.4. The summed E-state index contributed by atoms with van der Waals surface area (Å²) < 4.78 is 17.6. The molecular weight excluding hydrogens is 252 g/mol. The molecule has 3 rings (SSSR count). The summed E-state index contributed by atoms with van der Waals surface area (Å²) in [5.74, 6) is 1.20. The van der Waals surface area contributed by atoms with Gasteiger partial charge in [-0.15, -0.1) is 0 Å². The van der Waals surface area contributed by atoms with Crippen LogP contribution in [0.2, 0.25) is 0 Å². The summed E-state index contributed by atoms with van der Waals surface area (Å²) in [6, 6.07) is 10.4. The van der Waals surface area contributed by atoms with Crippen molar-refractivity contribution in [1.29, 1.82) is 0 Å². The lowest BCUT2D eigenvalue weighted by atomic mass is 9.73. The van der Waals surface area contributed by atoms with Gasteiger partial charge in [0, 0.05) is 13.7 Å². The second kappa shape index (κ2) is 5.84. The van der Waals surface area contributed by atoms with E-state index in [1.807, 2.05) is 6.07 Å². The van der Waals surface area contributed by atoms with Gasteiger partial charge in [-0.2, -0.15) is 0 Å². The van der Waals surface area contributed by atoms with Crippen molar-refractivity contribution >= 4 is 0 Å². The molecular formula is C17H24O3. The summed E-state index contributed by atoms with van der Waals surface area (Å²) >= 11 is 0. The summed E-state index contributed by atoms with van der Waals surface area (Å²) in [5, 5.41) is 0. The highest BCUT2D eigenvalue weighted by atomic mass is 16.6. The SMILES string of the molecule is COC[C@H]1C[C@@H](OCc2ccccc2)[C@]2(C)C[C@H]1CO2. The predicted molar refractivity (Wildman–Crippen MR) is 77.5 cm³/mol. The lowest BCUT2D eigenvalue weighted by molar-refractivity contribution is -0.126. The lowest BCUT2D eigenvalue weighted by Gasteiger charge is -2.39. The molecule has 1 aromatic carbocycles. The van der Waals surface area contributed by atoms with Crippen LogP contribution in [0, 0.1) is 11.8 Å². The van der Waals surface area contributed by atoms with Gasteiger partial charge in [-0.25, -0.2) is 0 Å². The highest BCUT2D eigenvalue weighted by Gasteiger charge is 2.51. The van der Waals surface area contributed by atoms with Gasteiger partial charge in [0.15, 0.2) is 0 Å². The van der Waals surface area contributed by atoms with Gasteiger partial charge < -0.3 is 14.2 Å². The minimum Gasteiger partial charge on any atom is -0.384 e. The maximum Gasteiger partial charge on any atom is 0.0918 e. The monoisotopic (exact) mass is 276 g/mol. The Bertz CT molecular complexity index is 433. The highest BCUT2D eigenvalue weighted by Crippen LogP contribution is 2.46. The van der Waals surface area contributed by atoms with Crippen LogP contribution in [0.3, 0.4) is 0 Å². The first kappa shape index (κ1) is 14.1. The number of hydrogen-bond acceptors (Lipinski definition) is 3. The quantitative estimate of drug-likeness (QED) is 0.827. The zero-order valence-electron chi connectivity index (χ0n) is 12.4. The molecule has 0 amide bonds. The van der Waals surface area contributed by atoms with Crippen LogP contribution in [0.15, 0.2) is 30.3 Å². The van der Waals surface area contributed by atoms with Crippen molar-refractivity contribution in [3.05, 3.63) is 35.9 Å². The molecule has 0 unspecified atom stereocenters. The van der Waals surface area contributed by atoms with Crippen molar-refractivity contribution < 1.29 is 14.2 Å². The zero-order chi connectivity index (χ0) is 14.0. The Morgan fingerprint density at radius 1 is 1.30 bits per heavy atom. The largest absolute Gasteiger partial charge is 0.384 e. The lowest BCUT2D eigenvalue weighted by Crippen LogP contribution is -2.46. The first-order valence-corrected chi connectivity index (χ1v) is 7.50. The fourth-order valence-corrected chi connectivity index (χ4v) is 3.61. The third-order valence-electron chi connectivity index (χ3n) is 4.83. The third kappa shape index (κ3) is 2.76. The molecule has 0 aromatic heterocycles. The van der Waals surface area contributed by atoms with Gasteiger partial charge in [0.25, 0.3) is 0 Å². The highest BCUT2D eigenvalue weighted by molar-refractivity contribution is 5.13. The predicted octanol–water partition coefficient (Wildman–Crippen LogP) is 3.03. The number of fused-ring (bicyclic) bond motifs is 2. The third-order valence-corrected chi connectivity index (χ3v) is 4.83. The number of benzene rings is 1. The Hall–Kier alpha value is -0.900. The molecule has 3 nitrogen and oxygen atoms in total. The number of methoxy groups -OCH3 is 1. The Labute approximate surface area is 121 Å². The summed E-state index contributed by atoms with van der Waals surface area (Å²) in [5.41, 5.74) is 1.11. The van der Waals surface area contributed by atoms with Crippen LogP contribution in [-0.2, 0) is 20.8 Å². The van der Waals surface area contributed by atoms with Gasteiger partial charge in [0.05, 0.1) is 24.9 Å². The molecule has 1 aromatic rings. The van der Waals surface area contributed by atoms with E-state index in [0.717, 1.165) is 26.1 Å². The summed E-state index contributed by atoms with van der Waals surface area (Å²) in [7, 11) is 1.78. The Kier molecular flexibility index (Phi) is 4.11. The van der Waals surface area contributed by atoms with E-state index in [1.54, 1.807) is 7.11 Å². The molecule has 1 aliphatic carbocycles. The maximum absolute atomic E-state index is 6.20. The van der Waals surface area contributed by atoms with Crippen molar-refractivity contribution in [3.63, 3.8) is 0 Å². The number of ether oxygens (including phenoxy) is 3. The van der Waals surface area contributed by atoms with Crippen molar-refractivity contribution in [3.8, 4) is 0 Å². The van der Waals surface area contributed by atoms with Crippen LogP contribution >= 0.6 is 0 Å². The topological polar surface area (TPSA) is 27.7 Å².